The molecule has 0 aliphatic carbocycles. The summed E-state index contributed by atoms with van der Waals surface area (Å²) in [5.41, 5.74) is 2.38. The maximum Gasteiger partial charge on any atom is 0.261 e. The van der Waals surface area contributed by atoms with E-state index >= 15 is 0 Å². The predicted molar refractivity (Wildman–Crippen MR) is 78.0 cm³/mol. The van der Waals surface area contributed by atoms with Gasteiger partial charge in [0.1, 0.15) is 0 Å². The molecule has 0 saturated heterocycles. The molecule has 0 fully saturated rings. The molecule has 2 aromatic carbocycles. The van der Waals surface area contributed by atoms with Gasteiger partial charge in [-0.3, -0.25) is 4.72 Å². The summed E-state index contributed by atoms with van der Waals surface area (Å²) < 4.78 is 26.9. The summed E-state index contributed by atoms with van der Waals surface area (Å²) >= 11 is 0. The van der Waals surface area contributed by atoms with Gasteiger partial charge in [0.2, 0.25) is 0 Å². The molecule has 0 bridgehead atoms. The van der Waals surface area contributed by atoms with Gasteiger partial charge < -0.3 is 5.32 Å². The molecule has 0 amide bonds. The first-order valence-corrected chi connectivity index (χ1v) is 7.37. The molecule has 0 heterocycles. The van der Waals surface area contributed by atoms with Crippen molar-refractivity contribution in [1.29, 1.82) is 0 Å². The number of sulfonamides is 1. The number of nitrogens with one attached hydrogen (secondary N) is 2. The van der Waals surface area contributed by atoms with Crippen LogP contribution in [-0.2, 0) is 10.0 Å². The van der Waals surface area contributed by atoms with Crippen molar-refractivity contribution < 1.29 is 8.42 Å². The largest absolute Gasteiger partial charge is 0.388 e. The molecule has 4 nitrogen and oxygen atoms in total. The predicted octanol–water partition coefficient (Wildman–Crippen LogP) is 2.84. The third-order valence-electron chi connectivity index (χ3n) is 2.73. The van der Waals surface area contributed by atoms with E-state index in [9.17, 15) is 8.42 Å². The first-order valence-electron chi connectivity index (χ1n) is 5.88. The van der Waals surface area contributed by atoms with E-state index < -0.39 is 10.0 Å². The van der Waals surface area contributed by atoms with Crippen LogP contribution in [0.15, 0.2) is 53.4 Å². The van der Waals surface area contributed by atoms with Crippen LogP contribution in [0.3, 0.4) is 0 Å². The van der Waals surface area contributed by atoms with E-state index in [1.807, 2.05) is 32.2 Å². The first kappa shape index (κ1) is 13.4. The summed E-state index contributed by atoms with van der Waals surface area (Å²) in [5, 5.41) is 2.98. The van der Waals surface area contributed by atoms with Crippen molar-refractivity contribution in [2.24, 2.45) is 0 Å². The van der Waals surface area contributed by atoms with Crippen molar-refractivity contribution in [2.75, 3.05) is 17.1 Å². The van der Waals surface area contributed by atoms with E-state index in [4.69, 9.17) is 0 Å². The molecular weight excluding hydrogens is 260 g/mol. The van der Waals surface area contributed by atoms with Crippen LogP contribution >= 0.6 is 0 Å². The van der Waals surface area contributed by atoms with Crippen LogP contribution < -0.4 is 10.0 Å². The average Bonchev–Trinajstić information content (AvgIpc) is 2.39. The molecule has 100 valence electrons. The average molecular weight is 276 g/mol. The lowest BCUT2D eigenvalue weighted by Gasteiger charge is -2.09. The van der Waals surface area contributed by atoms with Gasteiger partial charge in [-0.25, -0.2) is 8.42 Å². The maximum absolute atomic E-state index is 12.2. The van der Waals surface area contributed by atoms with Gasteiger partial charge in [0.15, 0.2) is 0 Å². The topological polar surface area (TPSA) is 58.2 Å². The number of hydrogen-bond acceptors (Lipinski definition) is 3. The number of rotatable bonds is 4. The molecule has 2 aromatic rings. The molecule has 0 unspecified atom stereocenters. The highest BCUT2D eigenvalue weighted by atomic mass is 32.2. The van der Waals surface area contributed by atoms with E-state index in [2.05, 4.69) is 10.0 Å². The molecule has 2 rings (SSSR count). The minimum Gasteiger partial charge on any atom is -0.388 e. The fourth-order valence-corrected chi connectivity index (χ4v) is 2.86. The maximum atomic E-state index is 12.2. The smallest absolute Gasteiger partial charge is 0.261 e. The second kappa shape index (κ2) is 5.32. The molecule has 2 N–H and O–H groups in total. The lowest BCUT2D eigenvalue weighted by Crippen LogP contribution is -2.12. The van der Waals surface area contributed by atoms with E-state index in [0.717, 1.165) is 11.3 Å². The Kier molecular flexibility index (Phi) is 3.76. The molecule has 0 aliphatic rings. The highest BCUT2D eigenvalue weighted by molar-refractivity contribution is 7.92. The van der Waals surface area contributed by atoms with Crippen molar-refractivity contribution >= 4 is 21.4 Å². The first-order chi connectivity index (χ1) is 9.01. The summed E-state index contributed by atoms with van der Waals surface area (Å²) in [7, 11) is -1.71. The van der Waals surface area contributed by atoms with Gasteiger partial charge >= 0.3 is 0 Å². The Morgan fingerprint density at radius 3 is 2.16 bits per heavy atom. The monoisotopic (exact) mass is 276 g/mol. The molecule has 0 spiro atoms. The van der Waals surface area contributed by atoms with Crippen molar-refractivity contribution in [3.63, 3.8) is 0 Å². The zero-order valence-electron chi connectivity index (χ0n) is 10.8. The Labute approximate surface area is 113 Å². The van der Waals surface area contributed by atoms with Gasteiger partial charge in [-0.1, -0.05) is 12.1 Å². The summed E-state index contributed by atoms with van der Waals surface area (Å²) in [4.78, 5) is 0.269. The Hall–Kier alpha value is -2.01. The van der Waals surface area contributed by atoms with E-state index in [1.165, 1.54) is 0 Å². The van der Waals surface area contributed by atoms with E-state index in [-0.39, 0.29) is 4.90 Å². The highest BCUT2D eigenvalue weighted by Crippen LogP contribution is 2.18. The molecule has 5 heteroatoms. The number of hydrogen-bond donors (Lipinski definition) is 2. The fourth-order valence-electron chi connectivity index (χ4n) is 1.70. The standard InChI is InChI=1S/C14H16N2O2S/c1-11-4-3-5-14(10-11)19(17,18)16-13-8-6-12(15-2)7-9-13/h3-10,15-16H,1-2H3. The van der Waals surface area contributed by atoms with Crippen LogP contribution in [0.2, 0.25) is 0 Å². The molecule has 0 aromatic heterocycles. The molecule has 0 atom stereocenters. The van der Waals surface area contributed by atoms with Crippen LogP contribution in [0.4, 0.5) is 11.4 Å². The Bertz CT molecular complexity index is 664. The van der Waals surface area contributed by atoms with Crippen molar-refractivity contribution in [2.45, 2.75) is 11.8 Å². The second-order valence-electron chi connectivity index (χ2n) is 4.25. The van der Waals surface area contributed by atoms with Gasteiger partial charge in [-0.15, -0.1) is 0 Å². The van der Waals surface area contributed by atoms with E-state index in [1.54, 1.807) is 30.3 Å². The van der Waals surface area contributed by atoms with Gasteiger partial charge in [-0.05, 0) is 48.9 Å². The van der Waals surface area contributed by atoms with Gasteiger partial charge in [0.25, 0.3) is 10.0 Å². The Morgan fingerprint density at radius 2 is 1.58 bits per heavy atom. The highest BCUT2D eigenvalue weighted by Gasteiger charge is 2.13. The van der Waals surface area contributed by atoms with Crippen LogP contribution in [0, 0.1) is 6.92 Å². The lowest BCUT2D eigenvalue weighted by molar-refractivity contribution is 0.601. The normalized spacial score (nSPS) is 11.1. The lowest BCUT2D eigenvalue weighted by atomic mass is 10.2. The summed E-state index contributed by atoms with van der Waals surface area (Å²) in [6.45, 7) is 1.86. The molecule has 0 aliphatic heterocycles. The minimum absolute atomic E-state index is 0.269. The summed E-state index contributed by atoms with van der Waals surface area (Å²) in [5.74, 6) is 0. The third-order valence-corrected chi connectivity index (χ3v) is 4.10. The quantitative estimate of drug-likeness (QED) is 0.902. The van der Waals surface area contributed by atoms with Gasteiger partial charge in [0, 0.05) is 18.4 Å². The fraction of sp³-hybridized carbons (Fsp3) is 0.143. The van der Waals surface area contributed by atoms with Crippen molar-refractivity contribution in [1.82, 2.24) is 0 Å². The summed E-state index contributed by atoms with van der Waals surface area (Å²) in [6, 6.07) is 13.9. The van der Waals surface area contributed by atoms with Gasteiger partial charge in [-0.2, -0.15) is 0 Å². The molecule has 19 heavy (non-hydrogen) atoms. The van der Waals surface area contributed by atoms with Crippen LogP contribution in [-0.4, -0.2) is 15.5 Å². The SMILES string of the molecule is CNc1ccc(NS(=O)(=O)c2cccc(C)c2)cc1. The van der Waals surface area contributed by atoms with Gasteiger partial charge in [0.05, 0.1) is 4.90 Å². The second-order valence-corrected chi connectivity index (χ2v) is 5.93. The van der Waals surface area contributed by atoms with E-state index in [0.29, 0.717) is 5.69 Å². The van der Waals surface area contributed by atoms with Crippen LogP contribution in [0.25, 0.3) is 0 Å². The van der Waals surface area contributed by atoms with Crippen molar-refractivity contribution in [3.05, 3.63) is 54.1 Å². The molecule has 0 saturated carbocycles. The Balaban J connectivity index is 2.25. The van der Waals surface area contributed by atoms with Crippen LogP contribution in [0.5, 0.6) is 0 Å². The molecule has 0 radical (unpaired) electrons. The zero-order chi connectivity index (χ0) is 13.9. The zero-order valence-corrected chi connectivity index (χ0v) is 11.7. The van der Waals surface area contributed by atoms with Crippen molar-refractivity contribution in [3.8, 4) is 0 Å². The summed E-state index contributed by atoms with van der Waals surface area (Å²) in [6.07, 6.45) is 0. The Morgan fingerprint density at radius 1 is 0.947 bits per heavy atom. The molecular formula is C14H16N2O2S. The third kappa shape index (κ3) is 3.26. The number of benzene rings is 2. The number of aryl methyl sites for hydroxylation is 1. The minimum atomic E-state index is -3.53. The van der Waals surface area contributed by atoms with Crippen LogP contribution in [0.1, 0.15) is 5.56 Å². The number of anilines is 2.